The molecule has 0 saturated carbocycles. The van der Waals surface area contributed by atoms with Gasteiger partial charge in [-0.25, -0.2) is 0 Å². The van der Waals surface area contributed by atoms with Crippen LogP contribution in [-0.2, 0) is 6.18 Å². The van der Waals surface area contributed by atoms with Crippen LogP contribution in [0.4, 0.5) is 18.9 Å². The van der Waals surface area contributed by atoms with Crippen LogP contribution in [0.5, 0.6) is 11.5 Å². The standard InChI is InChI=1S/C18H18ClF3N2O2/c1-3-25-16-10-12(9-15(19)17(16)26-4-2)11-23-24-14-7-5-13(6-8-14)18(20,21)22/h5-11,24H,3-4H2,1-2H3. The minimum absolute atomic E-state index is 0.383. The predicted molar refractivity (Wildman–Crippen MR) is 96.5 cm³/mol. The highest BCUT2D eigenvalue weighted by Crippen LogP contribution is 2.36. The lowest BCUT2D eigenvalue weighted by molar-refractivity contribution is -0.137. The molecule has 0 atom stereocenters. The molecule has 0 aliphatic rings. The van der Waals surface area contributed by atoms with Crippen molar-refractivity contribution in [3.8, 4) is 11.5 Å². The molecule has 0 radical (unpaired) electrons. The molecular formula is C18H18ClF3N2O2. The second-order valence-corrected chi connectivity index (χ2v) is 5.55. The zero-order valence-electron chi connectivity index (χ0n) is 14.2. The fourth-order valence-corrected chi connectivity index (χ4v) is 2.40. The minimum atomic E-state index is -4.36. The summed E-state index contributed by atoms with van der Waals surface area (Å²) in [6.07, 6.45) is -2.88. The van der Waals surface area contributed by atoms with Gasteiger partial charge in [-0.15, -0.1) is 0 Å². The predicted octanol–water partition coefficient (Wildman–Crippen LogP) is 5.60. The quantitative estimate of drug-likeness (QED) is 0.497. The monoisotopic (exact) mass is 386 g/mol. The molecule has 140 valence electrons. The number of rotatable bonds is 7. The van der Waals surface area contributed by atoms with E-state index in [1.54, 1.807) is 12.1 Å². The molecule has 26 heavy (non-hydrogen) atoms. The Balaban J connectivity index is 2.12. The summed E-state index contributed by atoms with van der Waals surface area (Å²) in [5.74, 6) is 0.960. The number of anilines is 1. The summed E-state index contributed by atoms with van der Waals surface area (Å²) in [4.78, 5) is 0. The number of hydrazone groups is 1. The second-order valence-electron chi connectivity index (χ2n) is 5.14. The smallest absolute Gasteiger partial charge is 0.416 e. The molecule has 0 aromatic heterocycles. The van der Waals surface area contributed by atoms with Gasteiger partial charge in [0.1, 0.15) is 0 Å². The molecule has 0 saturated heterocycles. The third kappa shape index (κ3) is 5.29. The molecule has 0 aliphatic heterocycles. The molecule has 4 nitrogen and oxygen atoms in total. The number of hydrogen-bond donors (Lipinski definition) is 1. The molecule has 0 amide bonds. The summed E-state index contributed by atoms with van der Waals surface area (Å²) in [7, 11) is 0. The summed E-state index contributed by atoms with van der Waals surface area (Å²) in [5, 5.41) is 4.39. The maximum absolute atomic E-state index is 12.5. The SMILES string of the molecule is CCOc1cc(C=NNc2ccc(C(F)(F)F)cc2)cc(Cl)c1OCC. The van der Waals surface area contributed by atoms with Crippen LogP contribution in [0, 0.1) is 0 Å². The Hall–Kier alpha value is -2.41. The maximum atomic E-state index is 12.5. The summed E-state index contributed by atoms with van der Waals surface area (Å²) in [6.45, 7) is 4.58. The fourth-order valence-electron chi connectivity index (χ4n) is 2.12. The molecule has 2 aromatic carbocycles. The molecule has 8 heteroatoms. The van der Waals surface area contributed by atoms with Crippen molar-refractivity contribution in [2.75, 3.05) is 18.6 Å². The highest BCUT2D eigenvalue weighted by Gasteiger charge is 2.29. The molecule has 2 aromatic rings. The first-order valence-electron chi connectivity index (χ1n) is 7.90. The van der Waals surface area contributed by atoms with Gasteiger partial charge in [0.25, 0.3) is 0 Å². The summed E-state index contributed by atoms with van der Waals surface area (Å²) in [6, 6.07) is 7.96. The van der Waals surface area contributed by atoms with Crippen LogP contribution < -0.4 is 14.9 Å². The minimum Gasteiger partial charge on any atom is -0.490 e. The molecule has 0 aliphatic carbocycles. The van der Waals surface area contributed by atoms with Crippen molar-refractivity contribution in [2.45, 2.75) is 20.0 Å². The van der Waals surface area contributed by atoms with E-state index in [0.29, 0.717) is 41.0 Å². The maximum Gasteiger partial charge on any atom is 0.416 e. The molecule has 0 heterocycles. The van der Waals surface area contributed by atoms with Gasteiger partial charge in [0.15, 0.2) is 11.5 Å². The van der Waals surface area contributed by atoms with E-state index in [1.165, 1.54) is 18.3 Å². The Morgan fingerprint density at radius 1 is 1.08 bits per heavy atom. The van der Waals surface area contributed by atoms with Gasteiger partial charge in [-0.05, 0) is 55.8 Å². The highest BCUT2D eigenvalue weighted by atomic mass is 35.5. The number of hydrogen-bond acceptors (Lipinski definition) is 4. The van der Waals surface area contributed by atoms with Crippen LogP contribution in [0.3, 0.4) is 0 Å². The zero-order valence-corrected chi connectivity index (χ0v) is 15.0. The van der Waals surface area contributed by atoms with E-state index in [0.717, 1.165) is 12.1 Å². The highest BCUT2D eigenvalue weighted by molar-refractivity contribution is 6.32. The van der Waals surface area contributed by atoms with Gasteiger partial charge < -0.3 is 9.47 Å². The van der Waals surface area contributed by atoms with Gasteiger partial charge >= 0.3 is 6.18 Å². The number of nitrogens with zero attached hydrogens (tertiary/aromatic N) is 1. The third-order valence-corrected chi connectivity index (χ3v) is 3.52. The topological polar surface area (TPSA) is 42.8 Å². The van der Waals surface area contributed by atoms with Gasteiger partial charge in [0.05, 0.1) is 35.7 Å². The lowest BCUT2D eigenvalue weighted by atomic mass is 10.2. The van der Waals surface area contributed by atoms with E-state index in [9.17, 15) is 13.2 Å². The number of alkyl halides is 3. The zero-order chi connectivity index (χ0) is 19.2. The number of ether oxygens (including phenoxy) is 2. The number of nitrogens with one attached hydrogen (secondary N) is 1. The lowest BCUT2D eigenvalue weighted by Crippen LogP contribution is -2.04. The Bertz CT molecular complexity index is 762. The van der Waals surface area contributed by atoms with Crippen molar-refractivity contribution >= 4 is 23.5 Å². The van der Waals surface area contributed by atoms with E-state index in [4.69, 9.17) is 21.1 Å². The van der Waals surface area contributed by atoms with Gasteiger partial charge in [-0.2, -0.15) is 18.3 Å². The van der Waals surface area contributed by atoms with E-state index >= 15 is 0 Å². The van der Waals surface area contributed by atoms with Crippen LogP contribution in [0.1, 0.15) is 25.0 Å². The Morgan fingerprint density at radius 3 is 2.31 bits per heavy atom. The number of halogens is 4. The second kappa shape index (κ2) is 8.80. The average molecular weight is 387 g/mol. The normalized spacial score (nSPS) is 11.6. The summed E-state index contributed by atoms with van der Waals surface area (Å²) < 4.78 is 48.6. The van der Waals surface area contributed by atoms with Crippen LogP contribution >= 0.6 is 11.6 Å². The molecule has 0 fully saturated rings. The van der Waals surface area contributed by atoms with E-state index in [-0.39, 0.29) is 0 Å². The first-order chi connectivity index (χ1) is 12.3. The molecule has 1 N–H and O–H groups in total. The van der Waals surface area contributed by atoms with E-state index in [2.05, 4.69) is 10.5 Å². The van der Waals surface area contributed by atoms with E-state index < -0.39 is 11.7 Å². The van der Waals surface area contributed by atoms with Gasteiger partial charge in [0.2, 0.25) is 0 Å². The average Bonchev–Trinajstić information content (AvgIpc) is 2.58. The van der Waals surface area contributed by atoms with Crippen molar-refractivity contribution in [1.29, 1.82) is 0 Å². The molecule has 0 unspecified atom stereocenters. The lowest BCUT2D eigenvalue weighted by Gasteiger charge is -2.13. The molecule has 2 rings (SSSR count). The van der Waals surface area contributed by atoms with Crippen molar-refractivity contribution < 1.29 is 22.6 Å². The van der Waals surface area contributed by atoms with Crippen LogP contribution in [-0.4, -0.2) is 19.4 Å². The van der Waals surface area contributed by atoms with Crippen LogP contribution in [0.25, 0.3) is 0 Å². The molecular weight excluding hydrogens is 369 g/mol. The summed E-state index contributed by atoms with van der Waals surface area (Å²) >= 11 is 6.21. The first-order valence-corrected chi connectivity index (χ1v) is 8.28. The molecule has 0 bridgehead atoms. The largest absolute Gasteiger partial charge is 0.490 e. The first kappa shape index (κ1) is 19.9. The van der Waals surface area contributed by atoms with Gasteiger partial charge in [-0.1, -0.05) is 11.6 Å². The van der Waals surface area contributed by atoms with Crippen molar-refractivity contribution in [3.63, 3.8) is 0 Å². The Kier molecular flexibility index (Phi) is 6.74. The third-order valence-electron chi connectivity index (χ3n) is 3.24. The van der Waals surface area contributed by atoms with Gasteiger partial charge in [0, 0.05) is 0 Å². The molecule has 0 spiro atoms. The van der Waals surface area contributed by atoms with Crippen LogP contribution in [0.15, 0.2) is 41.5 Å². The Morgan fingerprint density at radius 2 is 1.73 bits per heavy atom. The van der Waals surface area contributed by atoms with Crippen molar-refractivity contribution in [2.24, 2.45) is 5.10 Å². The van der Waals surface area contributed by atoms with Crippen molar-refractivity contribution in [3.05, 3.63) is 52.5 Å². The summed E-state index contributed by atoms with van der Waals surface area (Å²) in [5.41, 5.74) is 3.03. The Labute approximate surface area is 154 Å². The number of benzene rings is 2. The van der Waals surface area contributed by atoms with E-state index in [1.807, 2.05) is 13.8 Å². The van der Waals surface area contributed by atoms with Gasteiger partial charge in [-0.3, -0.25) is 5.43 Å². The van der Waals surface area contributed by atoms with Crippen molar-refractivity contribution in [1.82, 2.24) is 0 Å². The van der Waals surface area contributed by atoms with Crippen LogP contribution in [0.2, 0.25) is 5.02 Å². The fraction of sp³-hybridized carbons (Fsp3) is 0.278.